The minimum Gasteiger partial charge on any atom is -0.493 e. The van der Waals surface area contributed by atoms with E-state index in [9.17, 15) is 45.5 Å². The Morgan fingerprint density at radius 1 is 0.729 bits per heavy atom. The van der Waals surface area contributed by atoms with Crippen molar-refractivity contribution in [3.8, 4) is 11.5 Å². The van der Waals surface area contributed by atoms with Gasteiger partial charge in [-0.15, -0.1) is 0 Å². The highest BCUT2D eigenvalue weighted by molar-refractivity contribution is 6.11. The third kappa shape index (κ3) is 11.0. The van der Waals surface area contributed by atoms with Crippen LogP contribution < -0.4 is 20.1 Å². The van der Waals surface area contributed by atoms with E-state index < -0.39 is 67.6 Å². The summed E-state index contributed by atoms with van der Waals surface area (Å²) < 4.78 is 93.9. The lowest BCUT2D eigenvalue weighted by molar-refractivity contribution is -0.157. The molecule has 2 N–H and O–H groups in total. The number of halogens is 6. The number of carbonyl (C=O) groups is 4. The van der Waals surface area contributed by atoms with Crippen LogP contribution in [0.4, 0.5) is 26.3 Å². The molecule has 48 heavy (non-hydrogen) atoms. The van der Waals surface area contributed by atoms with Gasteiger partial charge in [0.2, 0.25) is 11.8 Å². The summed E-state index contributed by atoms with van der Waals surface area (Å²) >= 11 is 0. The van der Waals surface area contributed by atoms with E-state index in [0.29, 0.717) is 17.9 Å². The molecule has 0 radical (unpaired) electrons. The Labute approximate surface area is 271 Å². The fourth-order valence-electron chi connectivity index (χ4n) is 4.30. The van der Waals surface area contributed by atoms with Crippen molar-refractivity contribution in [2.24, 2.45) is 0 Å². The van der Waals surface area contributed by atoms with Crippen molar-refractivity contribution in [1.82, 2.24) is 10.6 Å². The molecule has 9 nitrogen and oxygen atoms in total. The van der Waals surface area contributed by atoms with E-state index in [-0.39, 0.29) is 16.9 Å². The number of alkyl halides is 6. The molecule has 0 saturated carbocycles. The van der Waals surface area contributed by atoms with Crippen LogP contribution in [0.1, 0.15) is 41.3 Å². The van der Waals surface area contributed by atoms with Gasteiger partial charge in [0.25, 0.3) is 0 Å². The average molecular weight is 683 g/mol. The highest BCUT2D eigenvalue weighted by Gasteiger charge is 2.50. The summed E-state index contributed by atoms with van der Waals surface area (Å²) in [5.41, 5.74) is -2.64. The first-order chi connectivity index (χ1) is 22.6. The van der Waals surface area contributed by atoms with Gasteiger partial charge in [-0.05, 0) is 41.8 Å². The molecule has 0 spiro atoms. The molecule has 0 aliphatic heterocycles. The van der Waals surface area contributed by atoms with Crippen LogP contribution >= 0.6 is 0 Å². The molecule has 0 aliphatic carbocycles. The molecule has 15 heteroatoms. The second-order valence-corrected chi connectivity index (χ2v) is 10.4. The normalized spacial score (nSPS) is 11.7. The van der Waals surface area contributed by atoms with E-state index in [1.807, 2.05) is 6.92 Å². The molecule has 0 unspecified atom stereocenters. The highest BCUT2D eigenvalue weighted by Crippen LogP contribution is 2.28. The first kappa shape index (κ1) is 37.4. The summed E-state index contributed by atoms with van der Waals surface area (Å²) in [6.45, 7) is -2.63. The van der Waals surface area contributed by atoms with Gasteiger partial charge in [-0.25, -0.2) is 4.79 Å². The number of unbranched alkanes of at least 4 members (excludes halogenated alkanes) is 1. The molecule has 0 bridgehead atoms. The summed E-state index contributed by atoms with van der Waals surface area (Å²) in [6.07, 6.45) is -8.65. The summed E-state index contributed by atoms with van der Waals surface area (Å²) in [5, 5.41) is 3.03. The predicted molar refractivity (Wildman–Crippen MR) is 159 cm³/mol. The fourth-order valence-corrected chi connectivity index (χ4v) is 4.30. The molecule has 0 aromatic heterocycles. The summed E-state index contributed by atoms with van der Waals surface area (Å²) in [5.74, 6) is -4.57. The molecule has 0 aliphatic rings. The third-order valence-electron chi connectivity index (χ3n) is 6.74. The maximum Gasteiger partial charge on any atom is 0.405 e. The number of hydrogen-bond acceptors (Lipinski definition) is 7. The van der Waals surface area contributed by atoms with Crippen molar-refractivity contribution in [2.45, 2.75) is 44.0 Å². The zero-order valence-corrected chi connectivity index (χ0v) is 25.6. The molecule has 0 saturated heterocycles. The number of benzene rings is 3. The quantitative estimate of drug-likeness (QED) is 0.0718. The Morgan fingerprint density at radius 3 is 1.85 bits per heavy atom. The van der Waals surface area contributed by atoms with Crippen molar-refractivity contribution in [3.63, 3.8) is 0 Å². The molecule has 0 atom stereocenters. The third-order valence-corrected chi connectivity index (χ3v) is 6.74. The topological polar surface area (TPSA) is 120 Å². The number of hydrogen-bond donors (Lipinski definition) is 2. The molecule has 2 amide bonds. The van der Waals surface area contributed by atoms with Crippen LogP contribution in [0, 0.1) is 0 Å². The monoisotopic (exact) mass is 682 g/mol. The van der Waals surface area contributed by atoms with Gasteiger partial charge in [-0.3, -0.25) is 14.4 Å². The fraction of sp³-hybridized carbons (Fsp3) is 0.333. The van der Waals surface area contributed by atoms with E-state index in [1.54, 1.807) is 18.2 Å². The molecule has 3 aromatic rings. The zero-order valence-electron chi connectivity index (χ0n) is 25.6. The van der Waals surface area contributed by atoms with E-state index in [1.165, 1.54) is 59.2 Å². The minimum atomic E-state index is -4.93. The van der Waals surface area contributed by atoms with E-state index in [4.69, 9.17) is 14.2 Å². The van der Waals surface area contributed by atoms with Crippen molar-refractivity contribution < 1.29 is 59.7 Å². The lowest BCUT2D eigenvalue weighted by Gasteiger charge is -2.31. The average Bonchev–Trinajstić information content (AvgIpc) is 3.04. The number of carbonyl (C=O) groups excluding carboxylic acids is 4. The molecular formula is C33H32F6N2O7. The molecular weight excluding hydrogens is 650 g/mol. The largest absolute Gasteiger partial charge is 0.493 e. The van der Waals surface area contributed by atoms with Gasteiger partial charge in [0.1, 0.15) is 36.8 Å². The first-order valence-corrected chi connectivity index (χ1v) is 14.6. The molecule has 0 fully saturated rings. The Hall–Kier alpha value is -5.08. The number of ether oxygens (including phenoxy) is 3. The van der Waals surface area contributed by atoms with E-state index >= 15 is 0 Å². The van der Waals surface area contributed by atoms with Crippen molar-refractivity contribution in [2.75, 3.05) is 26.3 Å². The van der Waals surface area contributed by atoms with Crippen LogP contribution in [-0.4, -0.2) is 62.4 Å². The maximum atomic E-state index is 13.2. The second kappa shape index (κ2) is 16.7. The van der Waals surface area contributed by atoms with Crippen LogP contribution in [0.3, 0.4) is 0 Å². The van der Waals surface area contributed by atoms with Gasteiger partial charge in [0.05, 0.1) is 13.0 Å². The van der Waals surface area contributed by atoms with Crippen LogP contribution in [0.2, 0.25) is 0 Å². The number of para-hydroxylation sites is 1. The summed E-state index contributed by atoms with van der Waals surface area (Å²) in [7, 11) is 0. The van der Waals surface area contributed by atoms with E-state index in [0.717, 1.165) is 25.0 Å². The predicted octanol–water partition coefficient (Wildman–Crippen LogP) is 5.47. The summed E-state index contributed by atoms with van der Waals surface area (Å²) in [6, 6.07) is 18.4. The van der Waals surface area contributed by atoms with Gasteiger partial charge in [0, 0.05) is 0 Å². The Bertz CT molecular complexity index is 1510. The number of rotatable bonds is 15. The smallest absolute Gasteiger partial charge is 0.405 e. The number of amides is 2. The van der Waals surface area contributed by atoms with Crippen LogP contribution in [-0.2, 0) is 31.0 Å². The van der Waals surface area contributed by atoms with Crippen molar-refractivity contribution >= 4 is 23.8 Å². The Kier molecular flexibility index (Phi) is 13.0. The molecule has 0 heterocycles. The Morgan fingerprint density at radius 2 is 1.29 bits per heavy atom. The molecule has 3 aromatic carbocycles. The van der Waals surface area contributed by atoms with Gasteiger partial charge in [-0.1, -0.05) is 67.9 Å². The lowest BCUT2D eigenvalue weighted by atomic mass is 9.79. The van der Waals surface area contributed by atoms with Crippen LogP contribution in [0.15, 0.2) is 78.9 Å². The molecule has 3 rings (SSSR count). The van der Waals surface area contributed by atoms with Crippen molar-refractivity contribution in [1.29, 1.82) is 0 Å². The number of nitrogens with one attached hydrogen (secondary N) is 2. The maximum absolute atomic E-state index is 13.2. The summed E-state index contributed by atoms with van der Waals surface area (Å²) in [4.78, 5) is 51.9. The lowest BCUT2D eigenvalue weighted by Crippen LogP contribution is -2.59. The standard InChI is InChI=1S/C33H32F6N2O7/c1-2-3-17-46-26-12-8-7-11-25(26)28(43)48-24-15-13-22(14-16-24)18-27(42)47-21-31(23-9-5-4-6-10-23,29(44)40-19-32(34,35)36)30(45)41-20-33(37,38)39/h4-16H,2-3,17-21H2,1H3,(H,40,44)(H,41,45). The van der Waals surface area contributed by atoms with Crippen LogP contribution in [0.5, 0.6) is 11.5 Å². The van der Waals surface area contributed by atoms with Gasteiger partial charge in [0.15, 0.2) is 5.41 Å². The second-order valence-electron chi connectivity index (χ2n) is 10.4. The zero-order chi connectivity index (χ0) is 35.4. The number of esters is 2. The minimum absolute atomic E-state index is 0.117. The van der Waals surface area contributed by atoms with Gasteiger partial charge in [-0.2, -0.15) is 26.3 Å². The Balaban J connectivity index is 1.76. The van der Waals surface area contributed by atoms with Gasteiger partial charge < -0.3 is 24.8 Å². The van der Waals surface area contributed by atoms with Gasteiger partial charge >= 0.3 is 24.3 Å². The highest BCUT2D eigenvalue weighted by atomic mass is 19.4. The first-order valence-electron chi connectivity index (χ1n) is 14.6. The van der Waals surface area contributed by atoms with Crippen LogP contribution in [0.25, 0.3) is 0 Å². The van der Waals surface area contributed by atoms with Crippen molar-refractivity contribution in [3.05, 3.63) is 95.6 Å². The molecule has 258 valence electrons. The SMILES string of the molecule is CCCCOc1ccccc1C(=O)Oc1ccc(CC(=O)OCC(C(=O)NCC(F)(F)F)(C(=O)NCC(F)(F)F)c2ccccc2)cc1. The van der Waals surface area contributed by atoms with E-state index in [2.05, 4.69) is 0 Å².